The fourth-order valence-corrected chi connectivity index (χ4v) is 2.55. The topological polar surface area (TPSA) is 24.9 Å². The van der Waals surface area contributed by atoms with Crippen molar-refractivity contribution in [1.29, 1.82) is 0 Å². The molecule has 0 aliphatic carbocycles. The van der Waals surface area contributed by atoms with Crippen LogP contribution >= 0.6 is 0 Å². The molecular formula is C12H15F3N2. The summed E-state index contributed by atoms with van der Waals surface area (Å²) < 4.78 is 38.9. The Balaban J connectivity index is 2.51. The highest BCUT2D eigenvalue weighted by atomic mass is 19.4. The number of rotatable bonds is 2. The lowest BCUT2D eigenvalue weighted by Gasteiger charge is -2.31. The fourth-order valence-electron chi connectivity index (χ4n) is 2.55. The van der Waals surface area contributed by atoms with E-state index in [2.05, 4.69) is 10.3 Å². The van der Waals surface area contributed by atoms with Crippen LogP contribution in [0.1, 0.15) is 37.3 Å². The van der Waals surface area contributed by atoms with Crippen LogP contribution in [0.25, 0.3) is 0 Å². The molecule has 1 atom stereocenters. The maximum atomic E-state index is 13.0. The Morgan fingerprint density at radius 1 is 1.47 bits per heavy atom. The molecular weight excluding hydrogens is 229 g/mol. The molecule has 1 aliphatic rings. The van der Waals surface area contributed by atoms with Crippen molar-refractivity contribution in [2.75, 3.05) is 6.54 Å². The van der Waals surface area contributed by atoms with Crippen molar-refractivity contribution < 1.29 is 13.2 Å². The Hall–Kier alpha value is -1.10. The van der Waals surface area contributed by atoms with Gasteiger partial charge in [0.2, 0.25) is 0 Å². The quantitative estimate of drug-likeness (QED) is 0.864. The van der Waals surface area contributed by atoms with Gasteiger partial charge in [-0.1, -0.05) is 6.92 Å². The summed E-state index contributed by atoms with van der Waals surface area (Å²) in [6, 6.07) is 1.06. The summed E-state index contributed by atoms with van der Waals surface area (Å²) in [5.74, 6) is 0. The molecule has 2 heterocycles. The molecule has 17 heavy (non-hydrogen) atoms. The molecule has 1 saturated heterocycles. The molecule has 2 rings (SSSR count). The lowest BCUT2D eigenvalue weighted by molar-refractivity contribution is -0.139. The van der Waals surface area contributed by atoms with Crippen molar-refractivity contribution in [2.24, 2.45) is 0 Å². The van der Waals surface area contributed by atoms with E-state index in [0.29, 0.717) is 6.42 Å². The van der Waals surface area contributed by atoms with Crippen LogP contribution in [0.3, 0.4) is 0 Å². The Morgan fingerprint density at radius 3 is 2.76 bits per heavy atom. The molecule has 5 heteroatoms. The van der Waals surface area contributed by atoms with Gasteiger partial charge in [0.15, 0.2) is 0 Å². The second-order valence-corrected chi connectivity index (χ2v) is 4.39. The molecule has 0 bridgehead atoms. The molecule has 1 unspecified atom stereocenters. The summed E-state index contributed by atoms with van der Waals surface area (Å²) in [6.07, 6.45) is 0.514. The first kappa shape index (κ1) is 12.4. The third-order valence-electron chi connectivity index (χ3n) is 3.49. The van der Waals surface area contributed by atoms with Gasteiger partial charge in [0.05, 0.1) is 5.56 Å². The smallest absolute Gasteiger partial charge is 0.307 e. The van der Waals surface area contributed by atoms with Gasteiger partial charge in [0.25, 0.3) is 0 Å². The number of hydrogen-bond donors (Lipinski definition) is 1. The molecule has 1 aromatic rings. The highest BCUT2D eigenvalue weighted by Gasteiger charge is 2.42. The molecule has 1 fully saturated rings. The summed E-state index contributed by atoms with van der Waals surface area (Å²) in [4.78, 5) is 3.86. The number of nitrogens with one attached hydrogen (secondary N) is 1. The van der Waals surface area contributed by atoms with Crippen molar-refractivity contribution in [3.63, 3.8) is 0 Å². The number of halogens is 3. The van der Waals surface area contributed by atoms with Gasteiger partial charge in [-0.2, -0.15) is 13.2 Å². The van der Waals surface area contributed by atoms with Crippen LogP contribution in [-0.2, 0) is 11.7 Å². The summed E-state index contributed by atoms with van der Waals surface area (Å²) in [5.41, 5.74) is -0.838. The lowest BCUT2D eigenvalue weighted by Crippen LogP contribution is -2.38. The van der Waals surface area contributed by atoms with E-state index < -0.39 is 17.3 Å². The predicted molar refractivity (Wildman–Crippen MR) is 58.4 cm³/mol. The maximum absolute atomic E-state index is 13.0. The molecule has 0 aromatic carbocycles. The van der Waals surface area contributed by atoms with Gasteiger partial charge in [-0.15, -0.1) is 0 Å². The minimum absolute atomic E-state index is 0.285. The fraction of sp³-hybridized carbons (Fsp3) is 0.583. The predicted octanol–water partition coefficient (Wildman–Crippen LogP) is 3.09. The largest absolute Gasteiger partial charge is 0.416 e. The molecule has 0 radical (unpaired) electrons. The minimum Gasteiger partial charge on any atom is -0.307 e. The van der Waals surface area contributed by atoms with Gasteiger partial charge in [0, 0.05) is 23.5 Å². The molecule has 0 spiro atoms. The highest BCUT2D eigenvalue weighted by Crippen LogP contribution is 2.41. The van der Waals surface area contributed by atoms with E-state index in [9.17, 15) is 13.2 Å². The third kappa shape index (κ3) is 2.16. The Morgan fingerprint density at radius 2 is 2.24 bits per heavy atom. The molecule has 1 N–H and O–H groups in total. The monoisotopic (exact) mass is 244 g/mol. The Labute approximate surface area is 98.2 Å². The van der Waals surface area contributed by atoms with Gasteiger partial charge < -0.3 is 5.32 Å². The zero-order valence-electron chi connectivity index (χ0n) is 9.64. The molecule has 0 saturated carbocycles. The van der Waals surface area contributed by atoms with E-state index >= 15 is 0 Å². The van der Waals surface area contributed by atoms with Gasteiger partial charge in [-0.3, -0.25) is 4.98 Å². The second kappa shape index (κ2) is 4.29. The minimum atomic E-state index is -4.31. The van der Waals surface area contributed by atoms with E-state index in [4.69, 9.17) is 0 Å². The summed E-state index contributed by atoms with van der Waals surface area (Å²) in [5, 5.41) is 3.21. The third-order valence-corrected chi connectivity index (χ3v) is 3.49. The standard InChI is InChI=1S/C12H15F3N2/c1-2-11(5-3-6-17-11)10-8-16-7-4-9(10)12(13,14)15/h4,7-8,17H,2-3,5-6H2,1H3. The van der Waals surface area contributed by atoms with Crippen molar-refractivity contribution in [1.82, 2.24) is 10.3 Å². The molecule has 1 aliphatic heterocycles. The van der Waals surface area contributed by atoms with Crippen LogP contribution < -0.4 is 5.32 Å². The van der Waals surface area contributed by atoms with Gasteiger partial charge in [0.1, 0.15) is 0 Å². The SMILES string of the molecule is CCC1(c2cnccc2C(F)(F)F)CCCN1. The Bertz CT molecular complexity index is 395. The van der Waals surface area contributed by atoms with Crippen molar-refractivity contribution in [2.45, 2.75) is 37.9 Å². The lowest BCUT2D eigenvalue weighted by atomic mass is 9.84. The van der Waals surface area contributed by atoms with Crippen molar-refractivity contribution in [3.8, 4) is 0 Å². The van der Waals surface area contributed by atoms with Crippen molar-refractivity contribution in [3.05, 3.63) is 29.6 Å². The molecule has 1 aromatic heterocycles. The first-order chi connectivity index (χ1) is 7.99. The van der Waals surface area contributed by atoms with E-state index in [1.165, 1.54) is 12.4 Å². The van der Waals surface area contributed by atoms with Gasteiger partial charge >= 0.3 is 6.18 Å². The van der Waals surface area contributed by atoms with Gasteiger partial charge in [-0.25, -0.2) is 0 Å². The average molecular weight is 244 g/mol. The van der Waals surface area contributed by atoms with E-state index in [1.807, 2.05) is 6.92 Å². The van der Waals surface area contributed by atoms with E-state index in [-0.39, 0.29) is 5.56 Å². The summed E-state index contributed by atoms with van der Waals surface area (Å²) in [6.45, 7) is 2.67. The zero-order chi connectivity index (χ0) is 12.5. The maximum Gasteiger partial charge on any atom is 0.416 e. The number of aromatic nitrogens is 1. The number of nitrogens with zero attached hydrogens (tertiary/aromatic N) is 1. The van der Waals surface area contributed by atoms with Crippen LogP contribution in [0.15, 0.2) is 18.5 Å². The normalized spacial score (nSPS) is 25.2. The molecule has 0 amide bonds. The highest BCUT2D eigenvalue weighted by molar-refractivity contribution is 5.34. The number of hydrogen-bond acceptors (Lipinski definition) is 2. The number of pyridine rings is 1. The van der Waals surface area contributed by atoms with Crippen LogP contribution in [0.5, 0.6) is 0 Å². The van der Waals surface area contributed by atoms with Gasteiger partial charge in [-0.05, 0) is 31.9 Å². The van der Waals surface area contributed by atoms with E-state index in [1.54, 1.807) is 0 Å². The number of alkyl halides is 3. The average Bonchev–Trinajstić information content (AvgIpc) is 2.78. The summed E-state index contributed by atoms with van der Waals surface area (Å²) >= 11 is 0. The molecule has 2 nitrogen and oxygen atoms in total. The molecule has 94 valence electrons. The zero-order valence-corrected chi connectivity index (χ0v) is 9.64. The van der Waals surface area contributed by atoms with Crippen LogP contribution in [0, 0.1) is 0 Å². The second-order valence-electron chi connectivity index (χ2n) is 4.39. The van der Waals surface area contributed by atoms with Crippen LogP contribution in [0.4, 0.5) is 13.2 Å². The summed E-state index contributed by atoms with van der Waals surface area (Å²) in [7, 11) is 0. The van der Waals surface area contributed by atoms with Crippen LogP contribution in [-0.4, -0.2) is 11.5 Å². The first-order valence-electron chi connectivity index (χ1n) is 5.76. The first-order valence-corrected chi connectivity index (χ1v) is 5.76. The van der Waals surface area contributed by atoms with Crippen molar-refractivity contribution >= 4 is 0 Å². The van der Waals surface area contributed by atoms with E-state index in [0.717, 1.165) is 25.5 Å². The Kier molecular flexibility index (Phi) is 3.12. The van der Waals surface area contributed by atoms with Crippen LogP contribution in [0.2, 0.25) is 0 Å².